The van der Waals surface area contributed by atoms with Crippen LogP contribution in [0.15, 0.2) is 206 Å². The van der Waals surface area contributed by atoms with Crippen LogP contribution in [0.5, 0.6) is 0 Å². The molecule has 0 unspecified atom stereocenters. The van der Waals surface area contributed by atoms with Crippen molar-refractivity contribution in [3.8, 4) is 16.8 Å². The molecule has 0 saturated heterocycles. The summed E-state index contributed by atoms with van der Waals surface area (Å²) in [7, 11) is 0. The molecular weight excluding hydrogens is 653 g/mol. The normalized spacial score (nSPS) is 11.7. The number of anilines is 3. The van der Waals surface area contributed by atoms with E-state index >= 15 is 0 Å². The quantitative estimate of drug-likeness (QED) is 0.164. The number of hydrogen-bond donors (Lipinski definition) is 0. The molecule has 0 bridgehead atoms. The molecular formula is C52H34N2. The van der Waals surface area contributed by atoms with Crippen molar-refractivity contribution in [1.29, 1.82) is 0 Å². The van der Waals surface area contributed by atoms with Crippen molar-refractivity contribution >= 4 is 82.0 Å². The summed E-state index contributed by atoms with van der Waals surface area (Å²) in [6.45, 7) is 0. The first kappa shape index (κ1) is 30.5. The molecule has 0 aliphatic rings. The highest BCUT2D eigenvalue weighted by Crippen LogP contribution is 2.44. The van der Waals surface area contributed by atoms with Gasteiger partial charge in [0, 0.05) is 38.8 Å². The number of fused-ring (bicyclic) bond motifs is 10. The van der Waals surface area contributed by atoms with Gasteiger partial charge in [-0.1, -0.05) is 158 Å². The summed E-state index contributed by atoms with van der Waals surface area (Å²) in [5, 5.41) is 12.5. The first-order valence-corrected chi connectivity index (χ1v) is 18.6. The molecule has 11 aromatic rings. The standard InChI is InChI=1S/C52H34N2/c1-3-13-35(14-4-1)47-33-42(30-32-50(47)54-49-22-12-11-21-45(49)46-31-28-37-16-8-10-20-44(37)52(46)54)53(40-17-5-2-6-18-40)41-29-27-38-24-26-39-25-23-36-15-7-9-19-43(36)51(39)48(38)34-41/h1-34H. The number of aromatic nitrogens is 1. The van der Waals surface area contributed by atoms with Gasteiger partial charge in [0.15, 0.2) is 0 Å². The van der Waals surface area contributed by atoms with E-state index in [1.807, 2.05) is 0 Å². The molecule has 0 saturated carbocycles. The van der Waals surface area contributed by atoms with Gasteiger partial charge in [0.25, 0.3) is 0 Å². The highest BCUT2D eigenvalue weighted by atomic mass is 15.1. The van der Waals surface area contributed by atoms with Gasteiger partial charge >= 0.3 is 0 Å². The molecule has 1 aromatic heterocycles. The summed E-state index contributed by atoms with van der Waals surface area (Å²) in [4.78, 5) is 2.40. The highest BCUT2D eigenvalue weighted by molar-refractivity contribution is 6.21. The average molecular weight is 687 g/mol. The van der Waals surface area contributed by atoms with Crippen LogP contribution in [0.2, 0.25) is 0 Å². The van der Waals surface area contributed by atoms with E-state index in [1.54, 1.807) is 0 Å². The van der Waals surface area contributed by atoms with Crippen molar-refractivity contribution in [1.82, 2.24) is 4.57 Å². The summed E-state index contributed by atoms with van der Waals surface area (Å²) < 4.78 is 2.49. The second-order valence-electron chi connectivity index (χ2n) is 14.1. The molecule has 11 rings (SSSR count). The zero-order valence-electron chi connectivity index (χ0n) is 29.5. The number of hydrogen-bond acceptors (Lipinski definition) is 1. The van der Waals surface area contributed by atoms with Crippen molar-refractivity contribution in [2.75, 3.05) is 4.90 Å². The Morgan fingerprint density at radius 2 is 0.889 bits per heavy atom. The number of nitrogens with zero attached hydrogens (tertiary/aromatic N) is 2. The van der Waals surface area contributed by atoms with Crippen LogP contribution in [0.1, 0.15) is 0 Å². The fourth-order valence-corrected chi connectivity index (χ4v) is 8.66. The zero-order valence-corrected chi connectivity index (χ0v) is 29.5. The Morgan fingerprint density at radius 1 is 0.333 bits per heavy atom. The van der Waals surface area contributed by atoms with Crippen molar-refractivity contribution in [3.05, 3.63) is 206 Å². The smallest absolute Gasteiger partial charge is 0.0619 e. The van der Waals surface area contributed by atoms with Crippen LogP contribution in [-0.2, 0) is 0 Å². The zero-order chi connectivity index (χ0) is 35.6. The minimum atomic E-state index is 1.10. The molecule has 0 aliphatic heterocycles. The molecule has 0 radical (unpaired) electrons. The average Bonchev–Trinajstić information content (AvgIpc) is 3.59. The van der Waals surface area contributed by atoms with Crippen LogP contribution >= 0.6 is 0 Å². The third kappa shape index (κ3) is 4.74. The Bertz CT molecular complexity index is 3210. The van der Waals surface area contributed by atoms with Crippen LogP contribution in [0.25, 0.3) is 81.7 Å². The number of benzene rings is 10. The lowest BCUT2D eigenvalue weighted by Gasteiger charge is -2.27. The van der Waals surface area contributed by atoms with E-state index in [4.69, 9.17) is 0 Å². The second kappa shape index (κ2) is 12.2. The molecule has 0 atom stereocenters. The Balaban J connectivity index is 1.20. The summed E-state index contributed by atoms with van der Waals surface area (Å²) in [6.07, 6.45) is 0. The van der Waals surface area contributed by atoms with Gasteiger partial charge < -0.3 is 9.47 Å². The summed E-state index contributed by atoms with van der Waals surface area (Å²) in [6, 6.07) is 75.3. The molecule has 2 heteroatoms. The predicted molar refractivity (Wildman–Crippen MR) is 231 cm³/mol. The Kier molecular flexibility index (Phi) is 6.90. The Labute approximate surface area is 313 Å². The first-order chi connectivity index (χ1) is 26.8. The molecule has 0 fully saturated rings. The topological polar surface area (TPSA) is 8.17 Å². The van der Waals surface area contributed by atoms with Gasteiger partial charge in [-0.25, -0.2) is 0 Å². The van der Waals surface area contributed by atoms with Gasteiger partial charge in [-0.3, -0.25) is 0 Å². The van der Waals surface area contributed by atoms with Gasteiger partial charge in [-0.05, 0) is 91.8 Å². The lowest BCUT2D eigenvalue weighted by molar-refractivity contribution is 1.18. The first-order valence-electron chi connectivity index (χ1n) is 18.6. The van der Waals surface area contributed by atoms with Crippen LogP contribution in [-0.4, -0.2) is 4.57 Å². The van der Waals surface area contributed by atoms with E-state index in [9.17, 15) is 0 Å². The molecule has 0 aliphatic carbocycles. The maximum absolute atomic E-state index is 2.49. The Morgan fingerprint density at radius 3 is 1.69 bits per heavy atom. The summed E-state index contributed by atoms with van der Waals surface area (Å²) in [5.74, 6) is 0. The van der Waals surface area contributed by atoms with Gasteiger partial charge in [0.1, 0.15) is 0 Å². The molecule has 10 aromatic carbocycles. The number of rotatable bonds is 5. The van der Waals surface area contributed by atoms with Crippen LogP contribution in [0, 0.1) is 0 Å². The highest BCUT2D eigenvalue weighted by Gasteiger charge is 2.21. The van der Waals surface area contributed by atoms with E-state index < -0.39 is 0 Å². The van der Waals surface area contributed by atoms with E-state index in [-0.39, 0.29) is 0 Å². The third-order valence-corrected chi connectivity index (χ3v) is 11.1. The van der Waals surface area contributed by atoms with E-state index in [1.165, 1.54) is 76.0 Å². The molecule has 1 heterocycles. The molecule has 252 valence electrons. The molecule has 2 nitrogen and oxygen atoms in total. The van der Waals surface area contributed by atoms with Gasteiger partial charge in [-0.2, -0.15) is 0 Å². The molecule has 54 heavy (non-hydrogen) atoms. The Hall–Kier alpha value is -7.16. The summed E-state index contributed by atoms with van der Waals surface area (Å²) in [5.41, 5.74) is 9.23. The van der Waals surface area contributed by atoms with Crippen molar-refractivity contribution in [2.45, 2.75) is 0 Å². The van der Waals surface area contributed by atoms with E-state index in [0.717, 1.165) is 22.7 Å². The monoisotopic (exact) mass is 686 g/mol. The van der Waals surface area contributed by atoms with Gasteiger partial charge in [0.2, 0.25) is 0 Å². The predicted octanol–water partition coefficient (Wildman–Crippen LogP) is 14.5. The van der Waals surface area contributed by atoms with Gasteiger partial charge in [0.05, 0.1) is 16.7 Å². The van der Waals surface area contributed by atoms with Crippen LogP contribution < -0.4 is 4.90 Å². The van der Waals surface area contributed by atoms with Gasteiger partial charge in [-0.15, -0.1) is 0 Å². The lowest BCUT2D eigenvalue weighted by Crippen LogP contribution is -2.10. The minimum absolute atomic E-state index is 1.10. The minimum Gasteiger partial charge on any atom is -0.310 e. The van der Waals surface area contributed by atoms with Crippen molar-refractivity contribution < 1.29 is 0 Å². The van der Waals surface area contributed by atoms with Crippen molar-refractivity contribution in [2.24, 2.45) is 0 Å². The number of para-hydroxylation sites is 2. The van der Waals surface area contributed by atoms with E-state index in [2.05, 4.69) is 216 Å². The second-order valence-corrected chi connectivity index (χ2v) is 14.1. The van der Waals surface area contributed by atoms with E-state index in [0.29, 0.717) is 0 Å². The molecule has 0 spiro atoms. The lowest BCUT2D eigenvalue weighted by atomic mass is 9.96. The largest absolute Gasteiger partial charge is 0.310 e. The maximum atomic E-state index is 2.49. The SMILES string of the molecule is c1ccc(-c2cc(N(c3ccccc3)c3ccc4ccc5ccc6ccccc6c5c4c3)ccc2-n2c3ccccc3c3ccc4ccccc4c32)cc1. The fraction of sp³-hybridized carbons (Fsp3) is 0. The molecule has 0 N–H and O–H groups in total. The van der Waals surface area contributed by atoms with Crippen molar-refractivity contribution in [3.63, 3.8) is 0 Å². The maximum Gasteiger partial charge on any atom is 0.0619 e. The molecule has 0 amide bonds. The van der Waals surface area contributed by atoms with Crippen LogP contribution in [0.3, 0.4) is 0 Å². The third-order valence-electron chi connectivity index (χ3n) is 11.1. The fourth-order valence-electron chi connectivity index (χ4n) is 8.66. The van der Waals surface area contributed by atoms with Crippen LogP contribution in [0.4, 0.5) is 17.1 Å². The summed E-state index contributed by atoms with van der Waals surface area (Å²) >= 11 is 0.